The van der Waals surface area contributed by atoms with Gasteiger partial charge >= 0.3 is 5.97 Å². The summed E-state index contributed by atoms with van der Waals surface area (Å²) >= 11 is 0. The minimum atomic E-state index is -0.873. The first-order valence-electron chi connectivity index (χ1n) is 9.37. The van der Waals surface area contributed by atoms with E-state index in [0.29, 0.717) is 22.7 Å². The molecule has 138 valence electrons. The molecule has 1 aliphatic rings. The van der Waals surface area contributed by atoms with Crippen molar-refractivity contribution >= 4 is 22.8 Å². The third kappa shape index (κ3) is 4.21. The van der Waals surface area contributed by atoms with Crippen LogP contribution in [0.4, 0.5) is 0 Å². The molecule has 1 aromatic heterocycles. The van der Waals surface area contributed by atoms with Gasteiger partial charge in [-0.05, 0) is 56.4 Å². The van der Waals surface area contributed by atoms with Crippen LogP contribution in [0.25, 0.3) is 10.9 Å². The Morgan fingerprint density at radius 2 is 1.96 bits per heavy atom. The van der Waals surface area contributed by atoms with Crippen LogP contribution in [0.1, 0.15) is 60.6 Å². The summed E-state index contributed by atoms with van der Waals surface area (Å²) in [5.74, 6) is -0.381. The fraction of sp³-hybridized carbons (Fsp3) is 0.476. The van der Waals surface area contributed by atoms with Crippen LogP contribution in [0.15, 0.2) is 24.3 Å². The molecule has 1 amide bonds. The summed E-state index contributed by atoms with van der Waals surface area (Å²) in [5.41, 5.74) is 2.70. The average molecular weight is 354 g/mol. The number of carbonyl (C=O) groups excluding carboxylic acids is 1. The van der Waals surface area contributed by atoms with E-state index in [1.807, 2.05) is 12.1 Å². The summed E-state index contributed by atoms with van der Waals surface area (Å²) in [6, 6.07) is 7.43. The van der Waals surface area contributed by atoms with Gasteiger partial charge in [0.15, 0.2) is 0 Å². The van der Waals surface area contributed by atoms with Crippen LogP contribution in [0, 0.1) is 12.8 Å². The zero-order valence-corrected chi connectivity index (χ0v) is 15.4. The van der Waals surface area contributed by atoms with Crippen molar-refractivity contribution in [3.05, 3.63) is 41.1 Å². The molecule has 1 aliphatic carbocycles. The lowest BCUT2D eigenvalue weighted by Crippen LogP contribution is -2.38. The second kappa shape index (κ2) is 7.85. The highest BCUT2D eigenvalue weighted by Gasteiger charge is 2.22. The van der Waals surface area contributed by atoms with Gasteiger partial charge in [-0.1, -0.05) is 25.3 Å². The van der Waals surface area contributed by atoms with Crippen molar-refractivity contribution in [1.82, 2.24) is 10.3 Å². The van der Waals surface area contributed by atoms with Gasteiger partial charge in [0, 0.05) is 22.7 Å². The zero-order chi connectivity index (χ0) is 18.7. The van der Waals surface area contributed by atoms with Crippen molar-refractivity contribution in [3.8, 4) is 0 Å². The number of hydrogen-bond donors (Lipinski definition) is 2. The van der Waals surface area contributed by atoms with Gasteiger partial charge in [-0.2, -0.15) is 0 Å². The first-order valence-corrected chi connectivity index (χ1v) is 9.37. The van der Waals surface area contributed by atoms with Gasteiger partial charge in [-0.15, -0.1) is 0 Å². The van der Waals surface area contributed by atoms with Crippen molar-refractivity contribution < 1.29 is 14.7 Å². The van der Waals surface area contributed by atoms with Crippen LogP contribution in [0.3, 0.4) is 0 Å². The number of fused-ring (bicyclic) bond motifs is 1. The van der Waals surface area contributed by atoms with Gasteiger partial charge in [0.05, 0.1) is 11.9 Å². The number of carboxylic acids is 1. The summed E-state index contributed by atoms with van der Waals surface area (Å²) in [7, 11) is 0. The van der Waals surface area contributed by atoms with E-state index in [4.69, 9.17) is 5.11 Å². The maximum Gasteiger partial charge on any atom is 0.307 e. The number of nitrogens with one attached hydrogen (secondary N) is 1. The van der Waals surface area contributed by atoms with Crippen LogP contribution in [-0.2, 0) is 11.2 Å². The number of aryl methyl sites for hydroxylation is 1. The van der Waals surface area contributed by atoms with Crippen molar-refractivity contribution in [2.75, 3.05) is 0 Å². The molecule has 1 heterocycles. The van der Waals surface area contributed by atoms with E-state index in [1.54, 1.807) is 19.1 Å². The van der Waals surface area contributed by atoms with Gasteiger partial charge in [0.2, 0.25) is 0 Å². The maximum absolute atomic E-state index is 12.6. The molecule has 0 spiro atoms. The zero-order valence-electron chi connectivity index (χ0n) is 15.4. The molecular formula is C21H26N2O3. The Bertz CT molecular complexity index is 825. The van der Waals surface area contributed by atoms with E-state index in [-0.39, 0.29) is 18.4 Å². The minimum Gasteiger partial charge on any atom is -0.481 e. The molecule has 0 saturated heterocycles. The number of nitrogens with zero attached hydrogens (tertiary/aromatic N) is 1. The summed E-state index contributed by atoms with van der Waals surface area (Å²) in [6.45, 7) is 3.89. The summed E-state index contributed by atoms with van der Waals surface area (Å²) in [4.78, 5) is 28.1. The van der Waals surface area contributed by atoms with E-state index in [1.165, 1.54) is 32.1 Å². The van der Waals surface area contributed by atoms with Crippen molar-refractivity contribution in [3.63, 3.8) is 0 Å². The fourth-order valence-electron chi connectivity index (χ4n) is 3.83. The number of carboxylic acid groups (broad SMARTS) is 1. The summed E-state index contributed by atoms with van der Waals surface area (Å²) < 4.78 is 0. The van der Waals surface area contributed by atoms with Gasteiger partial charge in [0.1, 0.15) is 0 Å². The molecule has 5 nitrogen and oxygen atoms in total. The molecule has 26 heavy (non-hydrogen) atoms. The maximum atomic E-state index is 12.6. The van der Waals surface area contributed by atoms with Crippen molar-refractivity contribution in [2.24, 2.45) is 5.92 Å². The van der Waals surface area contributed by atoms with Crippen LogP contribution >= 0.6 is 0 Å². The molecule has 0 unspecified atom stereocenters. The molecule has 0 bridgehead atoms. The fourth-order valence-corrected chi connectivity index (χ4v) is 3.83. The molecule has 5 heteroatoms. The van der Waals surface area contributed by atoms with Gasteiger partial charge in [-0.3, -0.25) is 14.6 Å². The van der Waals surface area contributed by atoms with Crippen LogP contribution in [0.2, 0.25) is 0 Å². The monoisotopic (exact) mass is 354 g/mol. The minimum absolute atomic E-state index is 0.0457. The lowest BCUT2D eigenvalue weighted by Gasteiger charge is -2.28. The number of rotatable bonds is 5. The quantitative estimate of drug-likeness (QED) is 0.854. The van der Waals surface area contributed by atoms with E-state index in [9.17, 15) is 9.59 Å². The third-order valence-corrected chi connectivity index (χ3v) is 5.43. The Labute approximate surface area is 153 Å². The molecule has 1 saturated carbocycles. The van der Waals surface area contributed by atoms with Crippen molar-refractivity contribution in [1.29, 1.82) is 0 Å². The SMILES string of the molecule is Cc1nc2cc(C(=O)N[C@@H](C)C3CCCCC3)ccc2cc1CC(=O)O. The lowest BCUT2D eigenvalue weighted by molar-refractivity contribution is -0.136. The Morgan fingerprint density at radius 1 is 1.23 bits per heavy atom. The third-order valence-electron chi connectivity index (χ3n) is 5.43. The number of aliphatic carboxylic acids is 1. The molecular weight excluding hydrogens is 328 g/mol. The largest absolute Gasteiger partial charge is 0.481 e. The Hall–Kier alpha value is -2.43. The van der Waals surface area contributed by atoms with Crippen LogP contribution in [-0.4, -0.2) is 28.0 Å². The number of aromatic nitrogens is 1. The summed E-state index contributed by atoms with van der Waals surface area (Å²) in [5, 5.41) is 13.0. The molecule has 0 aliphatic heterocycles. The van der Waals surface area contributed by atoms with E-state index >= 15 is 0 Å². The van der Waals surface area contributed by atoms with Crippen molar-refractivity contribution in [2.45, 2.75) is 58.4 Å². The molecule has 3 rings (SSSR count). The number of amides is 1. The van der Waals surface area contributed by atoms with E-state index < -0.39 is 5.97 Å². The van der Waals surface area contributed by atoms with Gasteiger partial charge in [-0.25, -0.2) is 0 Å². The number of benzene rings is 1. The van der Waals surface area contributed by atoms with Gasteiger partial charge in [0.25, 0.3) is 5.91 Å². The molecule has 1 atom stereocenters. The predicted octanol–water partition coefficient (Wildman–Crippen LogP) is 3.87. The van der Waals surface area contributed by atoms with Gasteiger partial charge < -0.3 is 10.4 Å². The standard InChI is InChI=1S/C21H26N2O3/c1-13(15-6-4-3-5-7-15)23-21(26)17-9-8-16-10-18(12-20(24)25)14(2)22-19(16)11-17/h8-11,13,15H,3-7,12H2,1-2H3,(H,23,26)(H,24,25)/t13-/m0/s1. The Kier molecular flexibility index (Phi) is 5.55. The first kappa shape index (κ1) is 18.4. The van der Waals surface area contributed by atoms with E-state index in [0.717, 1.165) is 10.9 Å². The summed E-state index contributed by atoms with van der Waals surface area (Å²) in [6.07, 6.45) is 6.14. The number of pyridine rings is 1. The normalized spacial score (nSPS) is 16.4. The number of hydrogen-bond acceptors (Lipinski definition) is 3. The molecule has 1 aromatic carbocycles. The molecule has 2 aromatic rings. The topological polar surface area (TPSA) is 79.3 Å². The Balaban J connectivity index is 1.77. The van der Waals surface area contributed by atoms with Crippen LogP contribution < -0.4 is 5.32 Å². The predicted molar refractivity (Wildman–Crippen MR) is 101 cm³/mol. The second-order valence-corrected chi connectivity index (χ2v) is 7.37. The highest BCUT2D eigenvalue weighted by Crippen LogP contribution is 2.26. The molecule has 2 N–H and O–H groups in total. The highest BCUT2D eigenvalue weighted by atomic mass is 16.4. The molecule has 0 radical (unpaired) electrons. The number of carbonyl (C=O) groups is 2. The lowest BCUT2D eigenvalue weighted by atomic mass is 9.84. The highest BCUT2D eigenvalue weighted by molar-refractivity contribution is 5.98. The smallest absolute Gasteiger partial charge is 0.307 e. The average Bonchev–Trinajstić information content (AvgIpc) is 2.62. The first-order chi connectivity index (χ1) is 12.4. The van der Waals surface area contributed by atoms with Crippen LogP contribution in [0.5, 0.6) is 0 Å². The van der Waals surface area contributed by atoms with E-state index in [2.05, 4.69) is 17.2 Å². The second-order valence-electron chi connectivity index (χ2n) is 7.37. The molecule has 1 fully saturated rings. The Morgan fingerprint density at radius 3 is 2.65 bits per heavy atom.